The van der Waals surface area contributed by atoms with E-state index in [-0.39, 0.29) is 18.6 Å². The minimum absolute atomic E-state index is 0.0470. The molecule has 0 aromatic heterocycles. The second kappa shape index (κ2) is 5.29. The molecule has 1 heterocycles. The summed E-state index contributed by atoms with van der Waals surface area (Å²) in [5, 5.41) is 8.89. The lowest BCUT2D eigenvalue weighted by atomic mass is 10.2. The standard InChI is InChI=1S/C9H18N2O3/c1-2-8(10)9(13)11-3-4-14-7(5-11)6-12/h7-8,12H,2-6,10H2,1H3. The van der Waals surface area contributed by atoms with Gasteiger partial charge in [0.1, 0.15) is 0 Å². The molecule has 0 aliphatic carbocycles. The number of nitrogens with two attached hydrogens (primary N) is 1. The number of ether oxygens (including phenoxy) is 1. The summed E-state index contributed by atoms with van der Waals surface area (Å²) in [6.07, 6.45) is 0.386. The third-order valence-corrected chi connectivity index (χ3v) is 2.41. The maximum atomic E-state index is 11.7. The minimum Gasteiger partial charge on any atom is -0.394 e. The molecule has 0 bridgehead atoms. The molecular weight excluding hydrogens is 184 g/mol. The summed E-state index contributed by atoms with van der Waals surface area (Å²) in [5.74, 6) is -0.0470. The first kappa shape index (κ1) is 11.4. The van der Waals surface area contributed by atoms with Gasteiger partial charge >= 0.3 is 0 Å². The Kier molecular flexibility index (Phi) is 4.31. The molecule has 0 spiro atoms. The van der Waals surface area contributed by atoms with Gasteiger partial charge in [-0.25, -0.2) is 0 Å². The number of hydrogen-bond acceptors (Lipinski definition) is 4. The van der Waals surface area contributed by atoms with Gasteiger partial charge in [-0.05, 0) is 6.42 Å². The van der Waals surface area contributed by atoms with Crippen molar-refractivity contribution in [1.82, 2.24) is 4.90 Å². The second-order valence-corrected chi connectivity index (χ2v) is 3.47. The van der Waals surface area contributed by atoms with Crippen LogP contribution in [0.15, 0.2) is 0 Å². The predicted molar refractivity (Wildman–Crippen MR) is 51.7 cm³/mol. The zero-order chi connectivity index (χ0) is 10.6. The predicted octanol–water partition coefficient (Wildman–Crippen LogP) is -1.06. The van der Waals surface area contributed by atoms with E-state index in [0.717, 1.165) is 0 Å². The van der Waals surface area contributed by atoms with E-state index in [1.54, 1.807) is 4.90 Å². The van der Waals surface area contributed by atoms with Crippen LogP contribution in [0.2, 0.25) is 0 Å². The van der Waals surface area contributed by atoms with E-state index in [2.05, 4.69) is 0 Å². The molecule has 14 heavy (non-hydrogen) atoms. The first-order valence-electron chi connectivity index (χ1n) is 4.95. The molecule has 2 unspecified atom stereocenters. The van der Waals surface area contributed by atoms with Crippen LogP contribution in [0.1, 0.15) is 13.3 Å². The Morgan fingerprint density at radius 3 is 3.07 bits per heavy atom. The Morgan fingerprint density at radius 2 is 2.50 bits per heavy atom. The van der Waals surface area contributed by atoms with Crippen molar-refractivity contribution in [3.63, 3.8) is 0 Å². The van der Waals surface area contributed by atoms with Crippen LogP contribution in [0, 0.1) is 0 Å². The van der Waals surface area contributed by atoms with Gasteiger partial charge in [0.05, 0.1) is 25.4 Å². The van der Waals surface area contributed by atoms with Gasteiger partial charge in [0.25, 0.3) is 0 Å². The summed E-state index contributed by atoms with van der Waals surface area (Å²) < 4.78 is 5.24. The highest BCUT2D eigenvalue weighted by atomic mass is 16.5. The molecule has 1 amide bonds. The van der Waals surface area contributed by atoms with E-state index in [1.165, 1.54) is 0 Å². The summed E-state index contributed by atoms with van der Waals surface area (Å²) in [6.45, 7) is 3.33. The van der Waals surface area contributed by atoms with E-state index in [1.807, 2.05) is 6.92 Å². The van der Waals surface area contributed by atoms with Crippen molar-refractivity contribution < 1.29 is 14.6 Å². The number of aliphatic hydroxyl groups is 1. The lowest BCUT2D eigenvalue weighted by Crippen LogP contribution is -2.52. The number of rotatable bonds is 3. The highest BCUT2D eigenvalue weighted by molar-refractivity contribution is 5.81. The second-order valence-electron chi connectivity index (χ2n) is 3.47. The fraction of sp³-hybridized carbons (Fsp3) is 0.889. The van der Waals surface area contributed by atoms with Crippen LogP contribution in [0.4, 0.5) is 0 Å². The molecular formula is C9H18N2O3. The van der Waals surface area contributed by atoms with Crippen molar-refractivity contribution in [3.05, 3.63) is 0 Å². The monoisotopic (exact) mass is 202 g/mol. The van der Waals surface area contributed by atoms with Crippen molar-refractivity contribution >= 4 is 5.91 Å². The normalized spacial score (nSPS) is 24.8. The minimum atomic E-state index is -0.424. The van der Waals surface area contributed by atoms with Gasteiger partial charge in [0, 0.05) is 13.1 Å². The molecule has 82 valence electrons. The third-order valence-electron chi connectivity index (χ3n) is 2.41. The fourth-order valence-corrected chi connectivity index (χ4v) is 1.44. The molecule has 0 saturated carbocycles. The summed E-state index contributed by atoms with van der Waals surface area (Å²) in [5.41, 5.74) is 5.64. The molecule has 1 saturated heterocycles. The topological polar surface area (TPSA) is 75.8 Å². The number of carbonyl (C=O) groups is 1. The number of aliphatic hydroxyl groups excluding tert-OH is 1. The number of hydrogen-bond donors (Lipinski definition) is 2. The van der Waals surface area contributed by atoms with Crippen molar-refractivity contribution in [2.45, 2.75) is 25.5 Å². The molecule has 1 fully saturated rings. The quantitative estimate of drug-likeness (QED) is 0.612. The van der Waals surface area contributed by atoms with Crippen LogP contribution in [0.3, 0.4) is 0 Å². The van der Waals surface area contributed by atoms with Gasteiger partial charge in [-0.15, -0.1) is 0 Å². The van der Waals surface area contributed by atoms with Gasteiger partial charge in [-0.1, -0.05) is 6.92 Å². The van der Waals surface area contributed by atoms with E-state index >= 15 is 0 Å². The molecule has 2 atom stereocenters. The van der Waals surface area contributed by atoms with Gasteiger partial charge < -0.3 is 20.5 Å². The fourth-order valence-electron chi connectivity index (χ4n) is 1.44. The number of carbonyl (C=O) groups excluding carboxylic acids is 1. The van der Waals surface area contributed by atoms with Gasteiger partial charge in [-0.2, -0.15) is 0 Å². The van der Waals surface area contributed by atoms with E-state index in [0.29, 0.717) is 26.1 Å². The molecule has 3 N–H and O–H groups in total. The summed E-state index contributed by atoms with van der Waals surface area (Å²) >= 11 is 0. The molecule has 5 nitrogen and oxygen atoms in total. The van der Waals surface area contributed by atoms with Crippen molar-refractivity contribution in [2.75, 3.05) is 26.3 Å². The summed E-state index contributed by atoms with van der Waals surface area (Å²) in [6, 6.07) is -0.424. The first-order chi connectivity index (χ1) is 6.69. The Bertz CT molecular complexity index is 198. The van der Waals surface area contributed by atoms with Gasteiger partial charge in [0.2, 0.25) is 5.91 Å². The van der Waals surface area contributed by atoms with Crippen LogP contribution >= 0.6 is 0 Å². The molecule has 0 aromatic rings. The largest absolute Gasteiger partial charge is 0.394 e. The summed E-state index contributed by atoms with van der Waals surface area (Å²) in [7, 11) is 0. The highest BCUT2D eigenvalue weighted by Crippen LogP contribution is 2.06. The Morgan fingerprint density at radius 1 is 1.79 bits per heavy atom. The zero-order valence-corrected chi connectivity index (χ0v) is 8.48. The van der Waals surface area contributed by atoms with Gasteiger partial charge in [-0.3, -0.25) is 4.79 Å². The third kappa shape index (κ3) is 2.67. The SMILES string of the molecule is CCC(N)C(=O)N1CCOC(CO)C1. The average molecular weight is 202 g/mol. The van der Waals surface area contributed by atoms with Crippen LogP contribution in [-0.4, -0.2) is 54.4 Å². The Balaban J connectivity index is 2.47. The maximum Gasteiger partial charge on any atom is 0.239 e. The Hall–Kier alpha value is -0.650. The number of nitrogens with zero attached hydrogens (tertiary/aromatic N) is 1. The molecule has 1 aliphatic rings. The molecule has 0 aromatic carbocycles. The van der Waals surface area contributed by atoms with Crippen molar-refractivity contribution in [1.29, 1.82) is 0 Å². The van der Waals surface area contributed by atoms with Crippen molar-refractivity contribution in [3.8, 4) is 0 Å². The van der Waals surface area contributed by atoms with E-state index in [9.17, 15) is 4.79 Å². The van der Waals surface area contributed by atoms with Crippen molar-refractivity contribution in [2.24, 2.45) is 5.73 Å². The smallest absolute Gasteiger partial charge is 0.239 e. The van der Waals surface area contributed by atoms with Gasteiger partial charge in [0.15, 0.2) is 0 Å². The van der Waals surface area contributed by atoms with Crippen LogP contribution in [-0.2, 0) is 9.53 Å². The highest BCUT2D eigenvalue weighted by Gasteiger charge is 2.26. The first-order valence-corrected chi connectivity index (χ1v) is 4.95. The summed E-state index contributed by atoms with van der Waals surface area (Å²) in [4.78, 5) is 13.3. The maximum absolute atomic E-state index is 11.7. The van der Waals surface area contributed by atoms with Crippen LogP contribution in [0.5, 0.6) is 0 Å². The molecule has 1 aliphatic heterocycles. The lowest BCUT2D eigenvalue weighted by Gasteiger charge is -2.33. The lowest BCUT2D eigenvalue weighted by molar-refractivity contribution is -0.141. The number of amides is 1. The van der Waals surface area contributed by atoms with Crippen LogP contribution < -0.4 is 5.73 Å². The van der Waals surface area contributed by atoms with E-state index in [4.69, 9.17) is 15.6 Å². The molecule has 0 radical (unpaired) electrons. The van der Waals surface area contributed by atoms with E-state index < -0.39 is 6.04 Å². The molecule has 5 heteroatoms. The number of morpholine rings is 1. The zero-order valence-electron chi connectivity index (χ0n) is 8.48. The van der Waals surface area contributed by atoms with Crippen LogP contribution in [0.25, 0.3) is 0 Å². The average Bonchev–Trinajstić information content (AvgIpc) is 2.27. The molecule has 1 rings (SSSR count). The Labute approximate surface area is 83.8 Å².